The predicted octanol–water partition coefficient (Wildman–Crippen LogP) is 3.11. The standard InChI is InChI=1S/C8H8F4N2.C5H10O2/c1-14(13)7-4-5(8(10,11)12)2-3-6(7)9;1-5(2,3)7-4-6/h2-4H,13H2,1H3;4H,1-3H3. The van der Waals surface area contributed by atoms with E-state index in [-0.39, 0.29) is 11.3 Å². The van der Waals surface area contributed by atoms with Crippen LogP contribution in [0.3, 0.4) is 0 Å². The summed E-state index contributed by atoms with van der Waals surface area (Å²) in [4.78, 5) is 9.60. The quantitative estimate of drug-likeness (QED) is 0.395. The molecule has 0 radical (unpaired) electrons. The van der Waals surface area contributed by atoms with E-state index in [9.17, 15) is 22.4 Å². The summed E-state index contributed by atoms with van der Waals surface area (Å²) in [6.07, 6.45) is -4.49. The summed E-state index contributed by atoms with van der Waals surface area (Å²) < 4.78 is 54.0. The molecule has 0 bridgehead atoms. The molecule has 0 spiro atoms. The molecular weight excluding hydrogens is 292 g/mol. The van der Waals surface area contributed by atoms with Crippen LogP contribution >= 0.6 is 0 Å². The first-order valence-corrected chi connectivity index (χ1v) is 5.85. The van der Waals surface area contributed by atoms with E-state index in [4.69, 9.17) is 5.84 Å². The fourth-order valence-electron chi connectivity index (χ4n) is 1.10. The SMILES string of the molecule is CC(C)(C)OC=O.CN(N)c1cc(C(F)(F)F)ccc1F. The van der Waals surface area contributed by atoms with Crippen molar-refractivity contribution >= 4 is 12.2 Å². The van der Waals surface area contributed by atoms with Crippen molar-refractivity contribution in [2.75, 3.05) is 12.1 Å². The summed E-state index contributed by atoms with van der Waals surface area (Å²) in [5, 5.41) is 0.796. The molecule has 0 aliphatic carbocycles. The third-order valence-corrected chi connectivity index (χ3v) is 2.06. The number of rotatable bonds is 2. The Labute approximate surface area is 120 Å². The molecule has 1 aromatic rings. The first-order chi connectivity index (χ1) is 9.38. The van der Waals surface area contributed by atoms with Crippen LogP contribution in [0.25, 0.3) is 0 Å². The Morgan fingerprint density at radius 2 is 1.76 bits per heavy atom. The first kappa shape index (κ1) is 19.2. The molecule has 0 aromatic heterocycles. The molecule has 0 saturated heterocycles. The smallest absolute Gasteiger partial charge is 0.416 e. The predicted molar refractivity (Wildman–Crippen MR) is 70.9 cm³/mol. The molecule has 1 aromatic carbocycles. The second-order valence-corrected chi connectivity index (χ2v) is 5.10. The second-order valence-electron chi connectivity index (χ2n) is 5.10. The largest absolute Gasteiger partial charge is 0.462 e. The first-order valence-electron chi connectivity index (χ1n) is 5.85. The Bertz CT molecular complexity index is 468. The van der Waals surface area contributed by atoms with E-state index < -0.39 is 17.6 Å². The van der Waals surface area contributed by atoms with Gasteiger partial charge in [-0.1, -0.05) is 0 Å². The average Bonchev–Trinajstić information content (AvgIpc) is 2.26. The van der Waals surface area contributed by atoms with E-state index in [0.29, 0.717) is 18.6 Å². The molecular formula is C13H18F4N2O2. The van der Waals surface area contributed by atoms with Crippen LogP contribution in [-0.4, -0.2) is 19.1 Å². The molecule has 0 saturated carbocycles. The zero-order valence-electron chi connectivity index (χ0n) is 12.2. The molecule has 1 rings (SSSR count). The molecule has 2 N–H and O–H groups in total. The van der Waals surface area contributed by atoms with Crippen LogP contribution in [0.5, 0.6) is 0 Å². The van der Waals surface area contributed by atoms with Crippen LogP contribution in [0.4, 0.5) is 23.2 Å². The number of benzene rings is 1. The van der Waals surface area contributed by atoms with Gasteiger partial charge in [0, 0.05) is 7.05 Å². The van der Waals surface area contributed by atoms with Gasteiger partial charge < -0.3 is 9.75 Å². The van der Waals surface area contributed by atoms with Gasteiger partial charge in [0.05, 0.1) is 11.3 Å². The van der Waals surface area contributed by atoms with E-state index in [2.05, 4.69) is 4.74 Å². The minimum Gasteiger partial charge on any atom is -0.462 e. The zero-order valence-corrected chi connectivity index (χ0v) is 12.2. The number of nitrogens with zero attached hydrogens (tertiary/aromatic N) is 1. The molecule has 0 atom stereocenters. The van der Waals surface area contributed by atoms with Crippen molar-refractivity contribution in [2.45, 2.75) is 32.5 Å². The summed E-state index contributed by atoms with van der Waals surface area (Å²) in [6, 6.07) is 2.07. The highest BCUT2D eigenvalue weighted by atomic mass is 19.4. The Morgan fingerprint density at radius 1 is 1.24 bits per heavy atom. The number of nitrogens with two attached hydrogens (primary N) is 1. The summed E-state index contributed by atoms with van der Waals surface area (Å²) in [6.45, 7) is 5.92. The Balaban J connectivity index is 0.000000486. The van der Waals surface area contributed by atoms with Gasteiger partial charge in [-0.05, 0) is 39.0 Å². The third-order valence-electron chi connectivity index (χ3n) is 2.06. The normalized spacial score (nSPS) is 11.3. The molecule has 0 heterocycles. The van der Waals surface area contributed by atoms with Crippen LogP contribution in [0.15, 0.2) is 18.2 Å². The highest BCUT2D eigenvalue weighted by molar-refractivity contribution is 5.48. The van der Waals surface area contributed by atoms with Gasteiger partial charge in [0.25, 0.3) is 6.47 Å². The number of ether oxygens (including phenoxy) is 1. The number of carbonyl (C=O) groups is 1. The van der Waals surface area contributed by atoms with E-state index in [1.807, 2.05) is 20.8 Å². The number of anilines is 1. The number of halogens is 4. The Morgan fingerprint density at radius 3 is 2.05 bits per heavy atom. The third kappa shape index (κ3) is 7.50. The van der Waals surface area contributed by atoms with Gasteiger partial charge in [-0.2, -0.15) is 13.2 Å². The topological polar surface area (TPSA) is 55.6 Å². The van der Waals surface area contributed by atoms with Crippen molar-refractivity contribution in [1.82, 2.24) is 0 Å². The molecule has 0 aliphatic heterocycles. The van der Waals surface area contributed by atoms with Crippen LogP contribution in [0, 0.1) is 5.82 Å². The van der Waals surface area contributed by atoms with Crippen molar-refractivity contribution in [1.29, 1.82) is 0 Å². The monoisotopic (exact) mass is 310 g/mol. The molecule has 4 nitrogen and oxygen atoms in total. The van der Waals surface area contributed by atoms with Gasteiger partial charge in [-0.15, -0.1) is 0 Å². The fourth-order valence-corrected chi connectivity index (χ4v) is 1.10. The van der Waals surface area contributed by atoms with E-state index in [0.717, 1.165) is 11.1 Å². The highest BCUT2D eigenvalue weighted by Crippen LogP contribution is 2.32. The number of hydrazine groups is 1. The van der Waals surface area contributed by atoms with Crippen molar-refractivity contribution in [3.8, 4) is 0 Å². The van der Waals surface area contributed by atoms with Crippen LogP contribution in [-0.2, 0) is 15.7 Å². The maximum atomic E-state index is 12.9. The second kappa shape index (κ2) is 7.26. The minimum atomic E-state index is -4.49. The minimum absolute atomic E-state index is 0.292. The lowest BCUT2D eigenvalue weighted by molar-refractivity contribution is -0.139. The molecule has 0 fully saturated rings. The van der Waals surface area contributed by atoms with Crippen molar-refractivity contribution in [2.24, 2.45) is 5.84 Å². The van der Waals surface area contributed by atoms with E-state index >= 15 is 0 Å². The lowest BCUT2D eigenvalue weighted by Gasteiger charge is -2.15. The number of alkyl halides is 3. The van der Waals surface area contributed by atoms with Crippen molar-refractivity contribution in [3.63, 3.8) is 0 Å². The maximum absolute atomic E-state index is 12.9. The molecule has 8 heteroatoms. The Kier molecular flexibility index (Phi) is 6.62. The van der Waals surface area contributed by atoms with Crippen LogP contribution < -0.4 is 10.9 Å². The van der Waals surface area contributed by atoms with Gasteiger partial charge in [0.15, 0.2) is 0 Å². The number of hydrogen-bond acceptors (Lipinski definition) is 4. The van der Waals surface area contributed by atoms with Crippen LogP contribution in [0.2, 0.25) is 0 Å². The van der Waals surface area contributed by atoms with Gasteiger partial charge in [0.1, 0.15) is 11.4 Å². The van der Waals surface area contributed by atoms with E-state index in [1.54, 1.807) is 0 Å². The number of carbonyl (C=O) groups excluding carboxylic acids is 1. The maximum Gasteiger partial charge on any atom is 0.416 e. The average molecular weight is 310 g/mol. The van der Waals surface area contributed by atoms with Gasteiger partial charge in [-0.3, -0.25) is 4.79 Å². The lowest BCUT2D eigenvalue weighted by Crippen LogP contribution is -2.26. The van der Waals surface area contributed by atoms with Gasteiger partial charge in [-0.25, -0.2) is 10.2 Å². The molecule has 120 valence electrons. The Hall–Kier alpha value is -1.83. The summed E-state index contributed by atoms with van der Waals surface area (Å²) in [5.41, 5.74) is -1.53. The summed E-state index contributed by atoms with van der Waals surface area (Å²) in [7, 11) is 1.26. The van der Waals surface area contributed by atoms with Crippen molar-refractivity contribution in [3.05, 3.63) is 29.6 Å². The molecule has 0 unspecified atom stereocenters. The summed E-state index contributed by atoms with van der Waals surface area (Å²) in [5.74, 6) is 4.36. The molecule has 0 aliphatic rings. The molecule has 0 amide bonds. The fraction of sp³-hybridized carbons (Fsp3) is 0.462. The van der Waals surface area contributed by atoms with E-state index in [1.165, 1.54) is 7.05 Å². The van der Waals surface area contributed by atoms with Gasteiger partial charge >= 0.3 is 6.18 Å². The highest BCUT2D eigenvalue weighted by Gasteiger charge is 2.31. The number of hydrogen-bond donors (Lipinski definition) is 1. The summed E-state index contributed by atoms with van der Waals surface area (Å²) >= 11 is 0. The van der Waals surface area contributed by atoms with Crippen molar-refractivity contribution < 1.29 is 27.1 Å². The zero-order chi connectivity index (χ0) is 16.8. The molecule has 21 heavy (non-hydrogen) atoms. The van der Waals surface area contributed by atoms with Gasteiger partial charge in [0.2, 0.25) is 0 Å². The van der Waals surface area contributed by atoms with Crippen LogP contribution in [0.1, 0.15) is 26.3 Å². The lowest BCUT2D eigenvalue weighted by atomic mass is 10.2.